The molecule has 3 aromatic rings. The largest absolute Gasteiger partial charge is 0.292 e. The van der Waals surface area contributed by atoms with Gasteiger partial charge < -0.3 is 0 Å². The molecule has 0 amide bonds. The van der Waals surface area contributed by atoms with Crippen LogP contribution in [0.2, 0.25) is 0 Å². The Labute approximate surface area is 191 Å². The lowest BCUT2D eigenvalue weighted by molar-refractivity contribution is 0.00803. The second kappa shape index (κ2) is 8.99. The number of hydrogen-bond donors (Lipinski definition) is 0. The van der Waals surface area contributed by atoms with E-state index in [2.05, 4.69) is 11.0 Å². The van der Waals surface area contributed by atoms with Gasteiger partial charge in [-0.05, 0) is 72.9 Å². The molecule has 1 heterocycles. The van der Waals surface area contributed by atoms with Gasteiger partial charge >= 0.3 is 0 Å². The molecule has 1 aliphatic heterocycles. The molecule has 1 aliphatic rings. The highest BCUT2D eigenvalue weighted by molar-refractivity contribution is 5.39. The molecule has 2 atom stereocenters. The first-order chi connectivity index (χ1) is 15.7. The highest BCUT2D eigenvalue weighted by Gasteiger charge is 2.45. The summed E-state index contributed by atoms with van der Waals surface area (Å²) in [5, 5.41) is 9.32. The highest BCUT2D eigenvalue weighted by atomic mass is 19.1. The Morgan fingerprint density at radius 1 is 0.848 bits per heavy atom. The number of halogens is 4. The topological polar surface area (TPSA) is 27.0 Å². The molecule has 0 aliphatic carbocycles. The summed E-state index contributed by atoms with van der Waals surface area (Å²) < 4.78 is 56.6. The lowest BCUT2D eigenvalue weighted by atomic mass is 9.72. The van der Waals surface area contributed by atoms with Gasteiger partial charge in [-0.1, -0.05) is 24.3 Å². The molecule has 1 fully saturated rings. The Bertz CT molecular complexity index is 1150. The van der Waals surface area contributed by atoms with Gasteiger partial charge in [-0.15, -0.1) is 0 Å². The maximum absolute atomic E-state index is 15.2. The molecule has 0 radical (unpaired) electrons. The predicted molar refractivity (Wildman–Crippen MR) is 119 cm³/mol. The van der Waals surface area contributed by atoms with E-state index in [9.17, 15) is 18.4 Å². The van der Waals surface area contributed by atoms with Crippen LogP contribution in [-0.4, -0.2) is 23.7 Å². The number of nitriles is 1. The first kappa shape index (κ1) is 23.0. The van der Waals surface area contributed by atoms with Gasteiger partial charge in [0.2, 0.25) is 0 Å². The van der Waals surface area contributed by atoms with Crippen LogP contribution >= 0.6 is 0 Å². The standard InChI is InChI=1S/C27H24F4N2/c1-27(2,31)25(20-11-23(29)13-24(30)12-20)21-15-33(16-21)26(18-6-8-22(28)9-7-18)19-5-3-4-17(10-19)14-32/h3-13,21,25-26H,15-16H2,1-2H3. The van der Waals surface area contributed by atoms with Crippen molar-refractivity contribution < 1.29 is 17.6 Å². The van der Waals surface area contributed by atoms with Crippen molar-refractivity contribution in [1.29, 1.82) is 5.26 Å². The van der Waals surface area contributed by atoms with Crippen LogP contribution in [0.5, 0.6) is 0 Å². The van der Waals surface area contributed by atoms with Gasteiger partial charge in [0.15, 0.2) is 0 Å². The molecule has 0 spiro atoms. The fourth-order valence-corrected chi connectivity index (χ4v) is 4.99. The summed E-state index contributed by atoms with van der Waals surface area (Å²) in [6, 6.07) is 18.4. The van der Waals surface area contributed by atoms with Crippen molar-refractivity contribution >= 4 is 0 Å². The molecular weight excluding hydrogens is 428 g/mol. The summed E-state index contributed by atoms with van der Waals surface area (Å²) in [7, 11) is 0. The minimum Gasteiger partial charge on any atom is -0.292 e. The van der Waals surface area contributed by atoms with E-state index in [0.717, 1.165) is 17.2 Å². The first-order valence-corrected chi connectivity index (χ1v) is 10.8. The van der Waals surface area contributed by atoms with Gasteiger partial charge in [-0.3, -0.25) is 4.90 Å². The van der Waals surface area contributed by atoms with E-state index in [1.165, 1.54) is 38.1 Å². The van der Waals surface area contributed by atoms with Crippen LogP contribution in [0.25, 0.3) is 0 Å². The average molecular weight is 452 g/mol. The van der Waals surface area contributed by atoms with Crippen LogP contribution in [0.3, 0.4) is 0 Å². The van der Waals surface area contributed by atoms with Crippen molar-refractivity contribution in [3.63, 3.8) is 0 Å². The van der Waals surface area contributed by atoms with Gasteiger partial charge in [0, 0.05) is 25.1 Å². The smallest absolute Gasteiger partial charge is 0.126 e. The molecule has 33 heavy (non-hydrogen) atoms. The Morgan fingerprint density at radius 2 is 1.48 bits per heavy atom. The van der Waals surface area contributed by atoms with Crippen LogP contribution < -0.4 is 0 Å². The van der Waals surface area contributed by atoms with Crippen molar-refractivity contribution in [3.8, 4) is 6.07 Å². The minimum atomic E-state index is -1.69. The number of hydrogen-bond acceptors (Lipinski definition) is 2. The molecular formula is C27H24F4N2. The van der Waals surface area contributed by atoms with Gasteiger partial charge in [-0.2, -0.15) is 5.26 Å². The van der Waals surface area contributed by atoms with Crippen LogP contribution in [-0.2, 0) is 0 Å². The van der Waals surface area contributed by atoms with Crippen LogP contribution in [0, 0.1) is 34.7 Å². The third-order valence-electron chi connectivity index (χ3n) is 6.28. The molecule has 1 saturated heterocycles. The summed E-state index contributed by atoms with van der Waals surface area (Å²) >= 11 is 0. The quantitative estimate of drug-likeness (QED) is 0.398. The van der Waals surface area contributed by atoms with Crippen molar-refractivity contribution in [1.82, 2.24) is 4.90 Å². The van der Waals surface area contributed by atoms with Gasteiger partial charge in [0.1, 0.15) is 23.1 Å². The molecule has 0 N–H and O–H groups in total. The molecule has 4 rings (SSSR count). The van der Waals surface area contributed by atoms with Gasteiger partial charge in [-0.25, -0.2) is 17.6 Å². The van der Waals surface area contributed by atoms with Crippen LogP contribution in [0.15, 0.2) is 66.7 Å². The second-order valence-electron chi connectivity index (χ2n) is 9.15. The van der Waals surface area contributed by atoms with Gasteiger partial charge in [0.05, 0.1) is 17.7 Å². The van der Waals surface area contributed by atoms with Crippen molar-refractivity contribution in [2.45, 2.75) is 31.5 Å². The zero-order chi connectivity index (χ0) is 23.8. The number of nitrogens with zero attached hydrogens (tertiary/aromatic N) is 2. The Kier molecular flexibility index (Phi) is 6.27. The Balaban J connectivity index is 1.65. The molecule has 170 valence electrons. The van der Waals surface area contributed by atoms with Crippen LogP contribution in [0.1, 0.15) is 48.1 Å². The van der Waals surface area contributed by atoms with Crippen molar-refractivity contribution in [3.05, 3.63) is 106 Å². The van der Waals surface area contributed by atoms with Crippen LogP contribution in [0.4, 0.5) is 17.6 Å². The summed E-state index contributed by atoms with van der Waals surface area (Å²) in [5.74, 6) is -2.68. The van der Waals surface area contributed by atoms with E-state index in [0.29, 0.717) is 24.2 Å². The molecule has 2 unspecified atom stereocenters. The van der Waals surface area contributed by atoms with Crippen molar-refractivity contribution in [2.75, 3.05) is 13.1 Å². The Morgan fingerprint density at radius 3 is 2.06 bits per heavy atom. The molecule has 0 saturated carbocycles. The maximum atomic E-state index is 15.2. The molecule has 6 heteroatoms. The van der Waals surface area contributed by atoms with Crippen molar-refractivity contribution in [2.24, 2.45) is 5.92 Å². The van der Waals surface area contributed by atoms with E-state index in [1.807, 2.05) is 6.07 Å². The Hall–Kier alpha value is -3.17. The van der Waals surface area contributed by atoms with E-state index >= 15 is 4.39 Å². The summed E-state index contributed by atoms with van der Waals surface area (Å²) in [5.41, 5.74) is 0.831. The predicted octanol–water partition coefficient (Wildman–Crippen LogP) is 6.53. The number of rotatable bonds is 6. The summed E-state index contributed by atoms with van der Waals surface area (Å²) in [6.07, 6.45) is 0. The normalized spacial score (nSPS) is 16.6. The average Bonchev–Trinajstić information content (AvgIpc) is 2.72. The van der Waals surface area contributed by atoms with E-state index in [4.69, 9.17) is 0 Å². The third-order valence-corrected chi connectivity index (χ3v) is 6.28. The summed E-state index contributed by atoms with van der Waals surface area (Å²) in [4.78, 5) is 2.11. The minimum absolute atomic E-state index is 0.173. The van der Waals surface area contributed by atoms with E-state index in [-0.39, 0.29) is 17.8 Å². The zero-order valence-corrected chi connectivity index (χ0v) is 18.4. The lowest BCUT2D eigenvalue weighted by Gasteiger charge is -2.50. The third kappa shape index (κ3) is 4.94. The fraction of sp³-hybridized carbons (Fsp3) is 0.296. The molecule has 2 nitrogen and oxygen atoms in total. The summed E-state index contributed by atoms with van der Waals surface area (Å²) in [6.45, 7) is 3.82. The molecule has 0 bridgehead atoms. The highest BCUT2D eigenvalue weighted by Crippen LogP contribution is 2.45. The maximum Gasteiger partial charge on any atom is 0.126 e. The van der Waals surface area contributed by atoms with Gasteiger partial charge in [0.25, 0.3) is 0 Å². The lowest BCUT2D eigenvalue weighted by Crippen LogP contribution is -2.53. The molecule has 3 aromatic carbocycles. The monoisotopic (exact) mass is 452 g/mol. The molecule has 0 aromatic heterocycles. The fourth-order valence-electron chi connectivity index (χ4n) is 4.99. The number of alkyl halides is 1. The SMILES string of the molecule is CC(C)(F)C(c1cc(F)cc(F)c1)C1CN(C(c2ccc(F)cc2)c2cccc(C#N)c2)C1. The van der Waals surface area contributed by atoms with E-state index in [1.54, 1.807) is 30.3 Å². The second-order valence-corrected chi connectivity index (χ2v) is 9.15. The zero-order valence-electron chi connectivity index (χ0n) is 18.4. The number of benzene rings is 3. The first-order valence-electron chi connectivity index (χ1n) is 10.8. The number of likely N-dealkylation sites (tertiary alicyclic amines) is 1. The van der Waals surface area contributed by atoms with E-state index < -0.39 is 23.2 Å².